The third kappa shape index (κ3) is 5.74. The summed E-state index contributed by atoms with van der Waals surface area (Å²) < 4.78 is 0. The molecule has 9 aromatic rings. The molecule has 1 heterocycles. The van der Waals surface area contributed by atoms with E-state index >= 15 is 0 Å². The van der Waals surface area contributed by atoms with Crippen molar-refractivity contribution in [1.82, 2.24) is 0 Å². The molecule has 0 N–H and O–H groups in total. The maximum absolute atomic E-state index is 5.59. The van der Waals surface area contributed by atoms with Crippen LogP contribution in [-0.4, -0.2) is 5.71 Å². The molecule has 0 atom stereocenters. The van der Waals surface area contributed by atoms with Crippen LogP contribution < -0.4 is 0 Å². The highest BCUT2D eigenvalue weighted by molar-refractivity contribution is 6.29. The number of hydrogen-bond acceptors (Lipinski definition) is 1. The van der Waals surface area contributed by atoms with Gasteiger partial charge in [0.15, 0.2) is 0 Å². The lowest BCUT2D eigenvalue weighted by Gasteiger charge is -2.16. The van der Waals surface area contributed by atoms with Gasteiger partial charge in [0.1, 0.15) is 0 Å². The van der Waals surface area contributed by atoms with Crippen LogP contribution in [0, 0.1) is 0 Å². The van der Waals surface area contributed by atoms with Crippen molar-refractivity contribution in [3.05, 3.63) is 228 Å². The summed E-state index contributed by atoms with van der Waals surface area (Å²) >= 11 is 0. The lowest BCUT2D eigenvalue weighted by Crippen LogP contribution is -2.07. The second-order valence-corrected chi connectivity index (χ2v) is 15.6. The van der Waals surface area contributed by atoms with E-state index in [0.29, 0.717) is 0 Å². The summed E-state index contributed by atoms with van der Waals surface area (Å²) in [6.45, 7) is 2.27. The first-order chi connectivity index (χ1) is 28.7. The van der Waals surface area contributed by atoms with Crippen LogP contribution in [0.5, 0.6) is 0 Å². The minimum Gasteiger partial charge on any atom is -0.248 e. The molecular formula is C57H41N. The van der Waals surface area contributed by atoms with Gasteiger partial charge in [-0.1, -0.05) is 195 Å². The molecule has 1 aliphatic heterocycles. The summed E-state index contributed by atoms with van der Waals surface area (Å²) in [5, 5.41) is 7.65. The SMILES string of the molecule is CCC1=C(c2ccc(-c3ccccc3)cc2)CC=C(c2ccc3c(c2)c2ccccc2c2cccc(-c4ccc5c(c4)Cc4ccccc4-5)c23)N=C1c1ccccc1. The number of nitrogens with zero attached hydrogens (tertiary/aromatic N) is 1. The van der Waals surface area contributed by atoms with Crippen LogP contribution in [0.2, 0.25) is 0 Å². The van der Waals surface area contributed by atoms with Crippen LogP contribution in [0.4, 0.5) is 0 Å². The van der Waals surface area contributed by atoms with Crippen LogP contribution in [0.1, 0.15) is 47.6 Å². The zero-order valence-electron chi connectivity index (χ0n) is 32.5. The van der Waals surface area contributed by atoms with E-state index in [1.54, 1.807) is 0 Å². The maximum atomic E-state index is 5.59. The quantitative estimate of drug-likeness (QED) is 0.151. The molecule has 2 aliphatic rings. The van der Waals surface area contributed by atoms with Crippen molar-refractivity contribution in [3.63, 3.8) is 0 Å². The smallest absolute Gasteiger partial charge is 0.0744 e. The first-order valence-electron chi connectivity index (χ1n) is 20.5. The van der Waals surface area contributed by atoms with Gasteiger partial charge in [0, 0.05) is 11.1 Å². The Morgan fingerprint density at radius 2 is 1.00 bits per heavy atom. The van der Waals surface area contributed by atoms with Crippen molar-refractivity contribution < 1.29 is 0 Å². The van der Waals surface area contributed by atoms with E-state index in [0.717, 1.165) is 41.8 Å². The van der Waals surface area contributed by atoms with Crippen molar-refractivity contribution in [2.75, 3.05) is 0 Å². The van der Waals surface area contributed by atoms with Crippen LogP contribution in [0.15, 0.2) is 205 Å². The van der Waals surface area contributed by atoms with Gasteiger partial charge in [-0.3, -0.25) is 0 Å². The average Bonchev–Trinajstić information content (AvgIpc) is 3.55. The number of fused-ring (bicyclic) bond motifs is 9. The Morgan fingerprint density at radius 1 is 0.414 bits per heavy atom. The average molecular weight is 740 g/mol. The molecule has 58 heavy (non-hydrogen) atoms. The fourth-order valence-corrected chi connectivity index (χ4v) is 9.60. The first kappa shape index (κ1) is 34.2. The fourth-order valence-electron chi connectivity index (χ4n) is 9.60. The number of allylic oxidation sites excluding steroid dienone is 3. The number of hydrogen-bond donors (Lipinski definition) is 0. The molecular weight excluding hydrogens is 699 g/mol. The number of benzene rings is 9. The zero-order valence-corrected chi connectivity index (χ0v) is 32.5. The molecule has 0 aromatic heterocycles. The molecule has 0 unspecified atom stereocenters. The predicted octanol–water partition coefficient (Wildman–Crippen LogP) is 15.1. The summed E-state index contributed by atoms with van der Waals surface area (Å²) in [7, 11) is 0. The molecule has 0 amide bonds. The number of rotatable bonds is 6. The van der Waals surface area contributed by atoms with Crippen LogP contribution >= 0.6 is 0 Å². The van der Waals surface area contributed by atoms with Crippen molar-refractivity contribution in [3.8, 4) is 33.4 Å². The molecule has 1 nitrogen and oxygen atoms in total. The summed E-state index contributed by atoms with van der Waals surface area (Å²) in [5.41, 5.74) is 18.8. The van der Waals surface area contributed by atoms with Gasteiger partial charge >= 0.3 is 0 Å². The summed E-state index contributed by atoms with van der Waals surface area (Å²) in [6.07, 6.45) is 5.01. The lowest BCUT2D eigenvalue weighted by atomic mass is 9.88. The molecule has 11 rings (SSSR count). The van der Waals surface area contributed by atoms with E-state index in [1.165, 1.54) is 93.5 Å². The minimum absolute atomic E-state index is 0.797. The molecule has 0 saturated carbocycles. The van der Waals surface area contributed by atoms with Gasteiger partial charge in [0.2, 0.25) is 0 Å². The van der Waals surface area contributed by atoms with Gasteiger partial charge in [-0.15, -0.1) is 0 Å². The molecule has 1 heteroatoms. The number of aliphatic imine (C=N–C) groups is 1. The van der Waals surface area contributed by atoms with E-state index in [2.05, 4.69) is 201 Å². The maximum Gasteiger partial charge on any atom is 0.0744 e. The Morgan fingerprint density at radius 3 is 1.79 bits per heavy atom. The van der Waals surface area contributed by atoms with E-state index in [9.17, 15) is 0 Å². The standard InChI is InChI=1S/C57H41N/c1-2-45-47(39-26-24-38(25-27-39)37-14-5-3-6-15-37)32-33-55(58-57(45)40-16-7-4-8-17-40)43-29-31-53-54(36-43)51-21-12-11-20-50(51)52-23-13-22-49(56(52)53)42-28-30-48-44(35-42)34-41-18-9-10-19-46(41)48/h3-31,33,35-36H,2,32,34H2,1H3. The normalized spacial score (nSPS) is 13.7. The zero-order chi connectivity index (χ0) is 38.6. The molecule has 274 valence electrons. The van der Waals surface area contributed by atoms with Gasteiger partial charge in [-0.2, -0.15) is 0 Å². The summed E-state index contributed by atoms with van der Waals surface area (Å²) in [6, 6.07) is 69.2. The van der Waals surface area contributed by atoms with E-state index in [-0.39, 0.29) is 0 Å². The van der Waals surface area contributed by atoms with Gasteiger partial charge in [0.25, 0.3) is 0 Å². The third-order valence-electron chi connectivity index (χ3n) is 12.4. The first-order valence-corrected chi connectivity index (χ1v) is 20.5. The fraction of sp³-hybridized carbons (Fsp3) is 0.0702. The third-order valence-corrected chi connectivity index (χ3v) is 12.4. The van der Waals surface area contributed by atoms with Crippen LogP contribution in [0.25, 0.3) is 77.0 Å². The highest BCUT2D eigenvalue weighted by atomic mass is 14.8. The molecule has 0 spiro atoms. The van der Waals surface area contributed by atoms with Crippen molar-refractivity contribution in [1.29, 1.82) is 0 Å². The van der Waals surface area contributed by atoms with Crippen LogP contribution in [-0.2, 0) is 6.42 Å². The van der Waals surface area contributed by atoms with E-state index in [1.807, 2.05) is 0 Å². The lowest BCUT2D eigenvalue weighted by molar-refractivity contribution is 1.16. The van der Waals surface area contributed by atoms with Gasteiger partial charge in [0.05, 0.1) is 11.4 Å². The van der Waals surface area contributed by atoms with Crippen molar-refractivity contribution in [2.45, 2.75) is 26.2 Å². The Balaban J connectivity index is 1.07. The van der Waals surface area contributed by atoms with Gasteiger partial charge in [-0.05, 0) is 119 Å². The molecule has 0 fully saturated rings. The second-order valence-electron chi connectivity index (χ2n) is 15.6. The monoisotopic (exact) mass is 739 g/mol. The topological polar surface area (TPSA) is 12.4 Å². The van der Waals surface area contributed by atoms with Gasteiger partial charge < -0.3 is 0 Å². The Bertz CT molecular complexity index is 3160. The predicted molar refractivity (Wildman–Crippen MR) is 247 cm³/mol. The Labute approximate surface area is 340 Å². The molecule has 0 bridgehead atoms. The minimum atomic E-state index is 0.797. The Hall–Kier alpha value is -7.09. The van der Waals surface area contributed by atoms with E-state index < -0.39 is 0 Å². The molecule has 0 radical (unpaired) electrons. The van der Waals surface area contributed by atoms with Crippen molar-refractivity contribution in [2.24, 2.45) is 4.99 Å². The van der Waals surface area contributed by atoms with Crippen LogP contribution in [0.3, 0.4) is 0 Å². The highest BCUT2D eigenvalue weighted by Crippen LogP contribution is 2.44. The van der Waals surface area contributed by atoms with Gasteiger partial charge in [-0.25, -0.2) is 4.99 Å². The van der Waals surface area contributed by atoms with E-state index in [4.69, 9.17) is 4.99 Å². The molecule has 0 saturated heterocycles. The summed E-state index contributed by atoms with van der Waals surface area (Å²) in [5.74, 6) is 0. The van der Waals surface area contributed by atoms with Crippen molar-refractivity contribution >= 4 is 49.3 Å². The summed E-state index contributed by atoms with van der Waals surface area (Å²) in [4.78, 5) is 5.59. The second kappa shape index (κ2) is 14.1. The molecule has 1 aliphatic carbocycles. The Kier molecular flexibility index (Phi) is 8.33. The highest BCUT2D eigenvalue weighted by Gasteiger charge is 2.22. The largest absolute Gasteiger partial charge is 0.248 e. The molecule has 9 aromatic carbocycles.